The molecule has 1 aromatic rings. The number of anilines is 1. The van der Waals surface area contributed by atoms with Crippen LogP contribution in [0.2, 0.25) is 0 Å². The Kier molecular flexibility index (Phi) is 4.43. The first-order valence-corrected chi connectivity index (χ1v) is 6.78. The van der Waals surface area contributed by atoms with Gasteiger partial charge in [-0.25, -0.2) is 0 Å². The Morgan fingerprint density at radius 3 is 2.94 bits per heavy atom. The number of hydrogen-bond acceptors (Lipinski definition) is 2. The standard InChI is InChI=1S/C15H24N2/c1-13(11-16-2)12-17-10-6-5-8-14-7-3-4-9-15(14)17/h3-4,7,9,13,16H,5-6,8,10-12H2,1-2H3. The average Bonchev–Trinajstić information content (AvgIpc) is 2.53. The molecule has 1 unspecified atom stereocenters. The van der Waals surface area contributed by atoms with E-state index in [1.165, 1.54) is 37.1 Å². The van der Waals surface area contributed by atoms with Crippen molar-refractivity contribution < 1.29 is 0 Å². The highest BCUT2D eigenvalue weighted by Crippen LogP contribution is 2.26. The third-order valence-electron chi connectivity index (χ3n) is 3.54. The van der Waals surface area contributed by atoms with E-state index < -0.39 is 0 Å². The zero-order chi connectivity index (χ0) is 12.1. The second kappa shape index (κ2) is 6.06. The lowest BCUT2D eigenvalue weighted by molar-refractivity contribution is 0.526. The third-order valence-corrected chi connectivity index (χ3v) is 3.54. The first-order chi connectivity index (χ1) is 8.31. The summed E-state index contributed by atoms with van der Waals surface area (Å²) in [7, 11) is 2.03. The summed E-state index contributed by atoms with van der Waals surface area (Å²) in [5.74, 6) is 0.700. The van der Waals surface area contributed by atoms with Crippen molar-refractivity contribution in [3.8, 4) is 0 Å². The quantitative estimate of drug-likeness (QED) is 0.858. The molecule has 0 fully saturated rings. The SMILES string of the molecule is CNCC(C)CN1CCCCc2ccccc21. The summed E-state index contributed by atoms with van der Waals surface area (Å²) in [6.07, 6.45) is 3.89. The summed E-state index contributed by atoms with van der Waals surface area (Å²) in [6, 6.07) is 8.91. The summed E-state index contributed by atoms with van der Waals surface area (Å²) in [4.78, 5) is 2.57. The van der Waals surface area contributed by atoms with Gasteiger partial charge in [-0.15, -0.1) is 0 Å². The minimum Gasteiger partial charge on any atom is -0.371 e. The van der Waals surface area contributed by atoms with Crippen molar-refractivity contribution >= 4 is 5.69 Å². The lowest BCUT2D eigenvalue weighted by Gasteiger charge is -2.28. The number of aryl methyl sites for hydroxylation is 1. The number of fused-ring (bicyclic) bond motifs is 1. The van der Waals surface area contributed by atoms with Crippen molar-refractivity contribution in [1.82, 2.24) is 5.32 Å². The summed E-state index contributed by atoms with van der Waals surface area (Å²) in [5, 5.41) is 3.27. The molecule has 0 spiro atoms. The average molecular weight is 232 g/mol. The molecule has 2 rings (SSSR count). The predicted molar refractivity (Wildman–Crippen MR) is 74.7 cm³/mol. The van der Waals surface area contributed by atoms with Gasteiger partial charge in [0.2, 0.25) is 0 Å². The van der Waals surface area contributed by atoms with Crippen molar-refractivity contribution in [3.63, 3.8) is 0 Å². The van der Waals surface area contributed by atoms with Gasteiger partial charge in [0.1, 0.15) is 0 Å². The van der Waals surface area contributed by atoms with E-state index in [4.69, 9.17) is 0 Å². The summed E-state index contributed by atoms with van der Waals surface area (Å²) >= 11 is 0. The monoisotopic (exact) mass is 232 g/mol. The first-order valence-electron chi connectivity index (χ1n) is 6.78. The molecule has 0 aliphatic carbocycles. The second-order valence-electron chi connectivity index (χ2n) is 5.19. The van der Waals surface area contributed by atoms with E-state index in [2.05, 4.69) is 41.4 Å². The first kappa shape index (κ1) is 12.4. The molecule has 94 valence electrons. The molecule has 1 aliphatic rings. The normalized spacial score (nSPS) is 17.4. The molecule has 2 nitrogen and oxygen atoms in total. The van der Waals surface area contributed by atoms with Gasteiger partial charge < -0.3 is 10.2 Å². The lowest BCUT2D eigenvalue weighted by Crippen LogP contribution is -2.33. The van der Waals surface area contributed by atoms with Crippen LogP contribution in [-0.4, -0.2) is 26.7 Å². The van der Waals surface area contributed by atoms with Crippen LogP contribution in [0.3, 0.4) is 0 Å². The Balaban J connectivity index is 2.11. The Labute approximate surface area is 105 Å². The zero-order valence-electron chi connectivity index (χ0n) is 11.1. The van der Waals surface area contributed by atoms with E-state index >= 15 is 0 Å². The van der Waals surface area contributed by atoms with Crippen molar-refractivity contribution in [2.45, 2.75) is 26.2 Å². The van der Waals surface area contributed by atoms with Gasteiger partial charge in [0.05, 0.1) is 0 Å². The third kappa shape index (κ3) is 3.22. The van der Waals surface area contributed by atoms with Crippen LogP contribution in [0.5, 0.6) is 0 Å². The van der Waals surface area contributed by atoms with Crippen LogP contribution >= 0.6 is 0 Å². The highest BCUT2D eigenvalue weighted by molar-refractivity contribution is 5.54. The van der Waals surface area contributed by atoms with Gasteiger partial charge in [-0.3, -0.25) is 0 Å². The van der Waals surface area contributed by atoms with Gasteiger partial charge in [0.15, 0.2) is 0 Å². The van der Waals surface area contributed by atoms with Crippen LogP contribution in [0, 0.1) is 5.92 Å². The molecule has 1 aliphatic heterocycles. The van der Waals surface area contributed by atoms with Gasteiger partial charge in [-0.2, -0.15) is 0 Å². The molecule has 0 bridgehead atoms. The lowest BCUT2D eigenvalue weighted by atomic mass is 10.1. The van der Waals surface area contributed by atoms with Gasteiger partial charge in [-0.1, -0.05) is 25.1 Å². The fourth-order valence-corrected chi connectivity index (χ4v) is 2.75. The number of hydrogen-bond donors (Lipinski definition) is 1. The van der Waals surface area contributed by atoms with Gasteiger partial charge >= 0.3 is 0 Å². The molecule has 0 saturated carbocycles. The van der Waals surface area contributed by atoms with E-state index in [0.717, 1.165) is 13.1 Å². The Morgan fingerprint density at radius 2 is 2.12 bits per heavy atom. The fraction of sp³-hybridized carbons (Fsp3) is 0.600. The molecule has 0 radical (unpaired) electrons. The minimum absolute atomic E-state index is 0.700. The highest BCUT2D eigenvalue weighted by Gasteiger charge is 2.16. The van der Waals surface area contributed by atoms with E-state index in [9.17, 15) is 0 Å². The maximum Gasteiger partial charge on any atom is 0.0398 e. The molecule has 1 heterocycles. The van der Waals surface area contributed by atoms with E-state index in [1.807, 2.05) is 7.05 Å². The Morgan fingerprint density at radius 1 is 1.29 bits per heavy atom. The number of rotatable bonds is 4. The molecular formula is C15H24N2. The summed E-state index contributed by atoms with van der Waals surface area (Å²) in [5.41, 5.74) is 3.00. The van der Waals surface area contributed by atoms with Crippen molar-refractivity contribution in [2.75, 3.05) is 31.6 Å². The summed E-state index contributed by atoms with van der Waals surface area (Å²) in [6.45, 7) is 5.80. The second-order valence-corrected chi connectivity index (χ2v) is 5.19. The molecule has 1 atom stereocenters. The largest absolute Gasteiger partial charge is 0.371 e. The van der Waals surface area contributed by atoms with Crippen LogP contribution < -0.4 is 10.2 Å². The molecule has 1 aromatic carbocycles. The van der Waals surface area contributed by atoms with Crippen molar-refractivity contribution in [3.05, 3.63) is 29.8 Å². The van der Waals surface area contributed by atoms with E-state index in [0.29, 0.717) is 5.92 Å². The van der Waals surface area contributed by atoms with Crippen LogP contribution in [0.25, 0.3) is 0 Å². The van der Waals surface area contributed by atoms with Crippen molar-refractivity contribution in [1.29, 1.82) is 0 Å². The fourth-order valence-electron chi connectivity index (χ4n) is 2.75. The number of benzene rings is 1. The Hall–Kier alpha value is -1.02. The van der Waals surface area contributed by atoms with Crippen molar-refractivity contribution in [2.24, 2.45) is 5.92 Å². The topological polar surface area (TPSA) is 15.3 Å². The van der Waals surface area contributed by atoms with Crippen LogP contribution in [0.4, 0.5) is 5.69 Å². The van der Waals surface area contributed by atoms with E-state index in [-0.39, 0.29) is 0 Å². The molecule has 17 heavy (non-hydrogen) atoms. The van der Waals surface area contributed by atoms with E-state index in [1.54, 1.807) is 0 Å². The van der Waals surface area contributed by atoms with Gasteiger partial charge in [0.25, 0.3) is 0 Å². The smallest absolute Gasteiger partial charge is 0.0398 e. The van der Waals surface area contributed by atoms with Gasteiger partial charge in [0, 0.05) is 18.8 Å². The molecular weight excluding hydrogens is 208 g/mol. The zero-order valence-corrected chi connectivity index (χ0v) is 11.1. The maximum atomic E-state index is 3.27. The number of nitrogens with zero attached hydrogens (tertiary/aromatic N) is 1. The number of nitrogens with one attached hydrogen (secondary N) is 1. The highest BCUT2D eigenvalue weighted by atomic mass is 15.1. The van der Waals surface area contributed by atoms with Crippen LogP contribution in [0.1, 0.15) is 25.3 Å². The molecule has 0 saturated heterocycles. The minimum atomic E-state index is 0.700. The maximum absolute atomic E-state index is 3.27. The Bertz CT molecular complexity index is 349. The molecule has 1 N–H and O–H groups in total. The molecule has 0 amide bonds. The number of para-hydroxylation sites is 1. The molecule has 2 heteroatoms. The van der Waals surface area contributed by atoms with Gasteiger partial charge in [-0.05, 0) is 50.4 Å². The molecule has 0 aromatic heterocycles. The summed E-state index contributed by atoms with van der Waals surface area (Å²) < 4.78 is 0. The van der Waals surface area contributed by atoms with Crippen LogP contribution in [0.15, 0.2) is 24.3 Å². The van der Waals surface area contributed by atoms with Crippen LogP contribution in [-0.2, 0) is 6.42 Å². The predicted octanol–water partition coefficient (Wildman–Crippen LogP) is 2.68.